The summed E-state index contributed by atoms with van der Waals surface area (Å²) >= 11 is 1.61. The van der Waals surface area contributed by atoms with E-state index in [2.05, 4.69) is 21.0 Å². The summed E-state index contributed by atoms with van der Waals surface area (Å²) in [4.78, 5) is 26.5. The molecule has 1 fully saturated rings. The van der Waals surface area contributed by atoms with Crippen molar-refractivity contribution in [3.05, 3.63) is 30.0 Å². The maximum atomic E-state index is 11.5. The van der Waals surface area contributed by atoms with E-state index < -0.39 is 0 Å². The number of carbonyl (C=O) groups is 1. The Morgan fingerprint density at radius 1 is 1.23 bits per heavy atom. The Balaban J connectivity index is 1.43. The van der Waals surface area contributed by atoms with Crippen molar-refractivity contribution in [3.63, 3.8) is 0 Å². The first-order valence-electron chi connectivity index (χ1n) is 10.2. The molecule has 3 aromatic heterocycles. The summed E-state index contributed by atoms with van der Waals surface area (Å²) < 4.78 is 3.07. The van der Waals surface area contributed by atoms with Crippen LogP contribution in [-0.2, 0) is 11.3 Å². The quantitative estimate of drug-likeness (QED) is 0.542. The Labute approximate surface area is 177 Å². The standard InChI is InChI=1S/C21H23N7OS/c1-13(29)27-7-4-14(5-8-27)6-9-28-21-18(20(22)23-11-24-21)19(26-28)15-2-3-16-17(10-15)30-12-25-16/h2-3,10-12,14H,4-9H2,1H3,(H2,22,23,24). The van der Waals surface area contributed by atoms with Crippen LogP contribution in [0.15, 0.2) is 30.0 Å². The first kappa shape index (κ1) is 18.9. The highest BCUT2D eigenvalue weighted by Gasteiger charge is 2.22. The molecule has 0 aliphatic carbocycles. The lowest BCUT2D eigenvalue weighted by molar-refractivity contribution is -0.130. The topological polar surface area (TPSA) is 103 Å². The number of anilines is 1. The molecule has 0 bridgehead atoms. The van der Waals surface area contributed by atoms with E-state index in [0.29, 0.717) is 11.7 Å². The zero-order valence-corrected chi connectivity index (χ0v) is 17.6. The summed E-state index contributed by atoms with van der Waals surface area (Å²) in [6, 6.07) is 6.13. The molecular formula is C21H23N7OS. The molecule has 2 N–H and O–H groups in total. The number of rotatable bonds is 4. The first-order valence-corrected chi connectivity index (χ1v) is 11.0. The first-order chi connectivity index (χ1) is 14.6. The van der Waals surface area contributed by atoms with Crippen molar-refractivity contribution in [1.29, 1.82) is 0 Å². The van der Waals surface area contributed by atoms with Crippen LogP contribution in [0, 0.1) is 5.92 Å². The lowest BCUT2D eigenvalue weighted by atomic mass is 9.93. The maximum Gasteiger partial charge on any atom is 0.219 e. The van der Waals surface area contributed by atoms with Gasteiger partial charge in [-0.05, 0) is 37.3 Å². The van der Waals surface area contributed by atoms with Gasteiger partial charge in [-0.25, -0.2) is 19.6 Å². The van der Waals surface area contributed by atoms with Crippen molar-refractivity contribution in [3.8, 4) is 11.3 Å². The molecule has 4 heterocycles. The van der Waals surface area contributed by atoms with E-state index in [4.69, 9.17) is 10.8 Å². The Bertz CT molecular complexity index is 1220. The molecular weight excluding hydrogens is 398 g/mol. The van der Waals surface area contributed by atoms with Gasteiger partial charge in [-0.1, -0.05) is 6.07 Å². The molecule has 4 aromatic rings. The number of aromatic nitrogens is 5. The van der Waals surface area contributed by atoms with Crippen LogP contribution in [0.1, 0.15) is 26.2 Å². The van der Waals surface area contributed by atoms with E-state index in [1.54, 1.807) is 18.3 Å². The number of hydrogen-bond acceptors (Lipinski definition) is 7. The van der Waals surface area contributed by atoms with Crippen molar-refractivity contribution < 1.29 is 4.79 Å². The molecule has 8 nitrogen and oxygen atoms in total. The number of fused-ring (bicyclic) bond motifs is 2. The second-order valence-corrected chi connectivity index (χ2v) is 8.69. The third kappa shape index (κ3) is 3.39. The molecule has 9 heteroatoms. The number of nitrogens with zero attached hydrogens (tertiary/aromatic N) is 6. The van der Waals surface area contributed by atoms with Crippen LogP contribution < -0.4 is 5.73 Å². The van der Waals surface area contributed by atoms with Crippen LogP contribution in [-0.4, -0.2) is 48.6 Å². The molecule has 5 rings (SSSR count). The van der Waals surface area contributed by atoms with Gasteiger partial charge in [-0.3, -0.25) is 4.79 Å². The molecule has 0 saturated carbocycles. The van der Waals surface area contributed by atoms with Crippen LogP contribution in [0.5, 0.6) is 0 Å². The average molecular weight is 422 g/mol. The molecule has 154 valence electrons. The van der Waals surface area contributed by atoms with Gasteiger partial charge in [0.15, 0.2) is 5.65 Å². The fraction of sp³-hybridized carbons (Fsp3) is 0.381. The summed E-state index contributed by atoms with van der Waals surface area (Å²) in [5.41, 5.74) is 11.6. The molecule has 0 unspecified atom stereocenters. The van der Waals surface area contributed by atoms with Crippen molar-refractivity contribution >= 4 is 44.3 Å². The van der Waals surface area contributed by atoms with Gasteiger partial charge in [-0.2, -0.15) is 5.10 Å². The molecule has 1 aromatic carbocycles. The Hall–Kier alpha value is -3.07. The fourth-order valence-corrected chi connectivity index (χ4v) is 4.95. The normalized spacial score (nSPS) is 15.3. The van der Waals surface area contributed by atoms with Crippen LogP contribution in [0.25, 0.3) is 32.5 Å². The van der Waals surface area contributed by atoms with Crippen molar-refractivity contribution in [2.24, 2.45) is 5.92 Å². The molecule has 1 saturated heterocycles. The molecule has 0 atom stereocenters. The summed E-state index contributed by atoms with van der Waals surface area (Å²) in [6.07, 6.45) is 4.56. The highest BCUT2D eigenvalue weighted by Crippen LogP contribution is 2.33. The van der Waals surface area contributed by atoms with E-state index in [1.807, 2.05) is 27.2 Å². The summed E-state index contributed by atoms with van der Waals surface area (Å²) in [5, 5.41) is 5.69. The minimum Gasteiger partial charge on any atom is -0.383 e. The largest absolute Gasteiger partial charge is 0.383 e. The number of benzene rings is 1. The molecule has 1 aliphatic rings. The van der Waals surface area contributed by atoms with Gasteiger partial charge in [0.05, 0.1) is 21.1 Å². The summed E-state index contributed by atoms with van der Waals surface area (Å²) in [6.45, 7) is 4.09. The smallest absolute Gasteiger partial charge is 0.219 e. The molecule has 30 heavy (non-hydrogen) atoms. The number of nitrogens with two attached hydrogens (primary N) is 1. The van der Waals surface area contributed by atoms with E-state index in [-0.39, 0.29) is 5.91 Å². The SMILES string of the molecule is CC(=O)N1CCC(CCn2nc(-c3ccc4ncsc4c3)c3c(N)ncnc32)CC1. The number of hydrogen-bond donors (Lipinski definition) is 1. The number of carbonyl (C=O) groups excluding carboxylic acids is 1. The van der Waals surface area contributed by atoms with E-state index in [1.165, 1.54) is 6.33 Å². The Morgan fingerprint density at radius 2 is 2.07 bits per heavy atom. The summed E-state index contributed by atoms with van der Waals surface area (Å²) in [7, 11) is 0. The number of piperidine rings is 1. The second kappa shape index (κ2) is 7.64. The average Bonchev–Trinajstić information content (AvgIpc) is 3.37. The fourth-order valence-electron chi connectivity index (χ4n) is 4.23. The van der Waals surface area contributed by atoms with Crippen LogP contribution in [0.4, 0.5) is 5.82 Å². The van der Waals surface area contributed by atoms with Gasteiger partial charge in [0.2, 0.25) is 5.91 Å². The van der Waals surface area contributed by atoms with Crippen LogP contribution in [0.3, 0.4) is 0 Å². The lowest BCUT2D eigenvalue weighted by Gasteiger charge is -2.31. The molecule has 0 spiro atoms. The van der Waals surface area contributed by atoms with E-state index in [0.717, 1.165) is 71.4 Å². The van der Waals surface area contributed by atoms with Gasteiger partial charge in [0, 0.05) is 32.1 Å². The zero-order valence-electron chi connectivity index (χ0n) is 16.8. The number of thiazole rings is 1. The Morgan fingerprint density at radius 3 is 2.87 bits per heavy atom. The van der Waals surface area contributed by atoms with Crippen molar-refractivity contribution in [1.82, 2.24) is 29.6 Å². The Kier molecular flexibility index (Phi) is 4.82. The van der Waals surface area contributed by atoms with Gasteiger partial charge < -0.3 is 10.6 Å². The van der Waals surface area contributed by atoms with E-state index in [9.17, 15) is 4.79 Å². The lowest BCUT2D eigenvalue weighted by Crippen LogP contribution is -2.37. The molecule has 1 aliphatic heterocycles. The highest BCUT2D eigenvalue weighted by molar-refractivity contribution is 7.16. The van der Waals surface area contributed by atoms with Gasteiger partial charge >= 0.3 is 0 Å². The zero-order chi connectivity index (χ0) is 20.7. The number of amides is 1. The third-order valence-corrected chi connectivity index (χ3v) is 6.76. The molecule has 0 radical (unpaired) electrons. The third-order valence-electron chi connectivity index (χ3n) is 5.97. The molecule has 1 amide bonds. The minimum atomic E-state index is 0.168. The van der Waals surface area contributed by atoms with E-state index >= 15 is 0 Å². The van der Waals surface area contributed by atoms with Crippen LogP contribution >= 0.6 is 11.3 Å². The van der Waals surface area contributed by atoms with Crippen LogP contribution in [0.2, 0.25) is 0 Å². The number of aryl methyl sites for hydroxylation is 1. The predicted molar refractivity (Wildman–Crippen MR) is 118 cm³/mol. The second-order valence-electron chi connectivity index (χ2n) is 7.80. The predicted octanol–water partition coefficient (Wildman–Crippen LogP) is 3.33. The van der Waals surface area contributed by atoms with Crippen molar-refractivity contribution in [2.45, 2.75) is 32.7 Å². The van der Waals surface area contributed by atoms with Crippen molar-refractivity contribution in [2.75, 3.05) is 18.8 Å². The van der Waals surface area contributed by atoms with Gasteiger partial charge in [0.25, 0.3) is 0 Å². The van der Waals surface area contributed by atoms with Gasteiger partial charge in [0.1, 0.15) is 17.8 Å². The highest BCUT2D eigenvalue weighted by atomic mass is 32.1. The number of likely N-dealkylation sites (tertiary alicyclic amines) is 1. The van der Waals surface area contributed by atoms with Gasteiger partial charge in [-0.15, -0.1) is 11.3 Å². The summed E-state index contributed by atoms with van der Waals surface area (Å²) in [5.74, 6) is 1.19. The monoisotopic (exact) mass is 421 g/mol. The maximum absolute atomic E-state index is 11.5. The number of nitrogen functional groups attached to an aromatic ring is 1. The minimum absolute atomic E-state index is 0.168.